The van der Waals surface area contributed by atoms with E-state index in [2.05, 4.69) is 15.6 Å². The molecular weight excluding hydrogens is 478 g/mol. The molecule has 2 amide bonds. The lowest BCUT2D eigenvalue weighted by atomic mass is 10.0. The van der Waals surface area contributed by atoms with E-state index < -0.39 is 23.6 Å². The Bertz CT molecular complexity index is 1280. The highest BCUT2D eigenvalue weighted by Crippen LogP contribution is 2.33. The van der Waals surface area contributed by atoms with E-state index in [-0.39, 0.29) is 41.5 Å². The zero-order valence-corrected chi connectivity index (χ0v) is 18.1. The average Bonchev–Trinajstić information content (AvgIpc) is 2.76. The smallest absolute Gasteiger partial charge is 0.416 e. The molecule has 0 unspecified atom stereocenters. The predicted octanol–water partition coefficient (Wildman–Crippen LogP) is 5.67. The van der Waals surface area contributed by atoms with Crippen molar-refractivity contribution in [2.45, 2.75) is 25.6 Å². The summed E-state index contributed by atoms with van der Waals surface area (Å²) in [5.74, 6) is -0.536. The van der Waals surface area contributed by atoms with Crippen LogP contribution in [0.3, 0.4) is 0 Å². The number of hydrogen-bond donors (Lipinski definition) is 2. The fraction of sp³-hybridized carbons (Fsp3) is 0.174. The molecule has 3 aromatic rings. The van der Waals surface area contributed by atoms with Crippen LogP contribution in [0, 0.1) is 5.82 Å². The molecule has 2 N–H and O–H groups in total. The highest BCUT2D eigenvalue weighted by molar-refractivity contribution is 6.31. The number of carbonyl (C=O) groups is 2. The van der Waals surface area contributed by atoms with Gasteiger partial charge in [0.15, 0.2) is 11.6 Å². The fourth-order valence-corrected chi connectivity index (χ4v) is 3.64. The minimum absolute atomic E-state index is 0.0905. The monoisotopic (exact) mass is 493 g/mol. The maximum absolute atomic E-state index is 14.7. The summed E-state index contributed by atoms with van der Waals surface area (Å²) in [6, 6.07) is 7.94. The number of ketones is 1. The van der Waals surface area contributed by atoms with Gasteiger partial charge in [0.1, 0.15) is 17.4 Å². The third-order valence-corrected chi connectivity index (χ3v) is 5.41. The van der Waals surface area contributed by atoms with Gasteiger partial charge in [-0.25, -0.2) is 14.2 Å². The molecule has 0 saturated carbocycles. The summed E-state index contributed by atoms with van der Waals surface area (Å²) in [4.78, 5) is 27.9. The molecule has 2 aromatic carbocycles. The van der Waals surface area contributed by atoms with Gasteiger partial charge < -0.3 is 10.1 Å². The molecule has 0 radical (unpaired) electrons. The fourth-order valence-electron chi connectivity index (χ4n) is 3.39. The van der Waals surface area contributed by atoms with Crippen LogP contribution in [0.15, 0.2) is 48.7 Å². The molecule has 1 aromatic heterocycles. The molecule has 176 valence electrons. The van der Waals surface area contributed by atoms with E-state index in [0.717, 1.165) is 24.3 Å². The summed E-state index contributed by atoms with van der Waals surface area (Å²) in [6.07, 6.45) is -3.46. The number of hydrogen-bond acceptors (Lipinski definition) is 4. The maximum Gasteiger partial charge on any atom is 0.416 e. The quantitative estimate of drug-likeness (QED) is 0.433. The third-order valence-electron chi connectivity index (χ3n) is 5.06. The largest absolute Gasteiger partial charge is 0.454 e. The second-order valence-electron chi connectivity index (χ2n) is 7.51. The van der Waals surface area contributed by atoms with Gasteiger partial charge >= 0.3 is 12.2 Å². The lowest BCUT2D eigenvalue weighted by molar-refractivity contribution is -0.137. The molecule has 0 bridgehead atoms. The first-order valence-electron chi connectivity index (χ1n) is 9.96. The van der Waals surface area contributed by atoms with Gasteiger partial charge in [0.05, 0.1) is 17.7 Å². The number of nitrogens with one attached hydrogen (secondary N) is 2. The third kappa shape index (κ3) is 5.28. The summed E-state index contributed by atoms with van der Waals surface area (Å²) < 4.78 is 58.6. The maximum atomic E-state index is 14.7. The molecule has 0 spiro atoms. The van der Waals surface area contributed by atoms with Crippen molar-refractivity contribution in [2.24, 2.45) is 0 Å². The van der Waals surface area contributed by atoms with Crippen LogP contribution in [0.2, 0.25) is 5.02 Å². The number of benzene rings is 2. The van der Waals surface area contributed by atoms with Crippen LogP contribution < -0.4 is 15.4 Å². The Kier molecular flexibility index (Phi) is 6.43. The van der Waals surface area contributed by atoms with Crippen LogP contribution in [0.5, 0.6) is 11.5 Å². The zero-order chi connectivity index (χ0) is 24.5. The standard InChI is InChI=1S/C23H16ClF4N3O3/c24-17-10-14(23(26,27)28)3-2-13(17)9-15(32)7-12-1-4-20(18(25)8-12)34-19-5-6-29-21-16(19)11-30-22(33)31-21/h1-6,8,10H,7,9,11H2,(H2,29,30,31,33). The molecular formula is C23H16ClF4N3O3. The van der Waals surface area contributed by atoms with E-state index in [0.29, 0.717) is 22.7 Å². The number of carbonyl (C=O) groups excluding carboxylic acids is 2. The van der Waals surface area contributed by atoms with Crippen molar-refractivity contribution >= 4 is 29.2 Å². The Morgan fingerprint density at radius 1 is 1.09 bits per heavy atom. The number of aromatic nitrogens is 1. The minimum atomic E-state index is -4.53. The van der Waals surface area contributed by atoms with Crippen molar-refractivity contribution < 1.29 is 31.9 Å². The molecule has 1 aliphatic rings. The minimum Gasteiger partial charge on any atom is -0.454 e. The molecule has 0 saturated heterocycles. The second-order valence-corrected chi connectivity index (χ2v) is 7.91. The van der Waals surface area contributed by atoms with Gasteiger partial charge in [-0.15, -0.1) is 0 Å². The lowest BCUT2D eigenvalue weighted by Crippen LogP contribution is -2.34. The average molecular weight is 494 g/mol. The van der Waals surface area contributed by atoms with Crippen molar-refractivity contribution in [3.8, 4) is 11.5 Å². The number of halogens is 5. The Hall–Kier alpha value is -3.66. The van der Waals surface area contributed by atoms with Crippen LogP contribution in [0.1, 0.15) is 22.3 Å². The normalized spacial score (nSPS) is 13.0. The molecule has 34 heavy (non-hydrogen) atoms. The number of pyridine rings is 1. The molecule has 0 fully saturated rings. The Morgan fingerprint density at radius 2 is 1.88 bits per heavy atom. The topological polar surface area (TPSA) is 80.3 Å². The van der Waals surface area contributed by atoms with Gasteiger partial charge in [0.25, 0.3) is 0 Å². The van der Waals surface area contributed by atoms with Crippen LogP contribution in [-0.2, 0) is 30.4 Å². The van der Waals surface area contributed by atoms with E-state index in [1.54, 1.807) is 0 Å². The Morgan fingerprint density at radius 3 is 2.59 bits per heavy atom. The molecule has 1 aliphatic heterocycles. The highest BCUT2D eigenvalue weighted by atomic mass is 35.5. The van der Waals surface area contributed by atoms with Crippen molar-refractivity contribution in [3.05, 3.63) is 81.8 Å². The molecule has 2 heterocycles. The van der Waals surface area contributed by atoms with Crippen molar-refractivity contribution in [1.29, 1.82) is 0 Å². The first kappa shape index (κ1) is 23.5. The van der Waals surface area contributed by atoms with Crippen molar-refractivity contribution in [1.82, 2.24) is 10.3 Å². The summed E-state index contributed by atoms with van der Waals surface area (Å²) in [6.45, 7) is 0.158. The number of Topliss-reactive ketones (excluding diaryl/α,β-unsaturated/α-hetero) is 1. The zero-order valence-electron chi connectivity index (χ0n) is 17.3. The summed E-state index contributed by atoms with van der Waals surface area (Å²) in [5, 5.41) is 4.94. The van der Waals surface area contributed by atoms with Gasteiger partial charge in [-0.1, -0.05) is 23.7 Å². The number of alkyl halides is 3. The van der Waals surface area contributed by atoms with E-state index in [1.807, 2.05) is 0 Å². The summed E-state index contributed by atoms with van der Waals surface area (Å²) in [7, 11) is 0. The number of ether oxygens (including phenoxy) is 1. The first-order chi connectivity index (χ1) is 16.1. The summed E-state index contributed by atoms with van der Waals surface area (Å²) in [5.41, 5.74) is 0.265. The molecule has 6 nitrogen and oxygen atoms in total. The molecule has 0 aliphatic carbocycles. The van der Waals surface area contributed by atoms with E-state index >= 15 is 0 Å². The van der Waals surface area contributed by atoms with E-state index in [4.69, 9.17) is 16.3 Å². The number of nitrogens with zero attached hydrogens (tertiary/aromatic N) is 1. The van der Waals surface area contributed by atoms with E-state index in [1.165, 1.54) is 24.4 Å². The second kappa shape index (κ2) is 9.30. The first-order valence-corrected chi connectivity index (χ1v) is 10.3. The van der Waals surface area contributed by atoms with Gasteiger partial charge in [-0.2, -0.15) is 13.2 Å². The van der Waals surface area contributed by atoms with Gasteiger partial charge in [-0.3, -0.25) is 10.1 Å². The molecule has 0 atom stereocenters. The number of fused-ring (bicyclic) bond motifs is 1. The van der Waals surface area contributed by atoms with Crippen molar-refractivity contribution in [2.75, 3.05) is 5.32 Å². The molecule has 11 heteroatoms. The van der Waals surface area contributed by atoms with Gasteiger partial charge in [-0.05, 0) is 41.5 Å². The Balaban J connectivity index is 1.44. The van der Waals surface area contributed by atoms with Crippen LogP contribution >= 0.6 is 11.6 Å². The van der Waals surface area contributed by atoms with Crippen LogP contribution in [-0.4, -0.2) is 16.8 Å². The van der Waals surface area contributed by atoms with Crippen molar-refractivity contribution in [3.63, 3.8) is 0 Å². The lowest BCUT2D eigenvalue weighted by Gasteiger charge is -2.20. The number of amides is 2. The SMILES string of the molecule is O=C(Cc1ccc(Oc2ccnc3c2CNC(=O)N3)c(F)c1)Cc1ccc(C(F)(F)F)cc1Cl. The van der Waals surface area contributed by atoms with E-state index in [9.17, 15) is 27.2 Å². The number of anilines is 1. The van der Waals surface area contributed by atoms with Gasteiger partial charge in [0.2, 0.25) is 0 Å². The van der Waals surface area contributed by atoms with Gasteiger partial charge in [0, 0.05) is 24.1 Å². The Labute approximate surface area is 195 Å². The predicted molar refractivity (Wildman–Crippen MR) is 115 cm³/mol. The number of urea groups is 1. The number of rotatable bonds is 6. The van der Waals surface area contributed by atoms with Crippen LogP contribution in [0.4, 0.5) is 28.2 Å². The summed E-state index contributed by atoms with van der Waals surface area (Å²) >= 11 is 5.90. The van der Waals surface area contributed by atoms with Crippen LogP contribution in [0.25, 0.3) is 0 Å². The highest BCUT2D eigenvalue weighted by Gasteiger charge is 2.31. The molecule has 4 rings (SSSR count).